The molecular formula is C12H20N2S. The van der Waals surface area contributed by atoms with Crippen LogP contribution in [0, 0.1) is 0 Å². The van der Waals surface area contributed by atoms with Gasteiger partial charge in [-0.15, -0.1) is 11.3 Å². The molecule has 1 rings (SSSR count). The maximum absolute atomic E-state index is 4.27. The van der Waals surface area contributed by atoms with Gasteiger partial charge in [-0.05, 0) is 19.9 Å². The van der Waals surface area contributed by atoms with Crippen LogP contribution < -0.4 is 0 Å². The molecule has 0 unspecified atom stereocenters. The Bertz CT molecular complexity index is 267. The summed E-state index contributed by atoms with van der Waals surface area (Å²) in [5.74, 6) is 0. The Balaban J connectivity index is 2.11. The van der Waals surface area contributed by atoms with Crippen molar-refractivity contribution in [3.63, 3.8) is 0 Å². The fourth-order valence-corrected chi connectivity index (χ4v) is 1.92. The van der Waals surface area contributed by atoms with Crippen LogP contribution >= 0.6 is 11.3 Å². The summed E-state index contributed by atoms with van der Waals surface area (Å²) >= 11 is 1.66. The predicted molar refractivity (Wildman–Crippen MR) is 67.1 cm³/mol. The van der Waals surface area contributed by atoms with Gasteiger partial charge in [-0.2, -0.15) is 0 Å². The third-order valence-corrected chi connectivity index (χ3v) is 2.85. The molecule has 0 aliphatic rings. The lowest BCUT2D eigenvalue weighted by atomic mass is 10.3. The van der Waals surface area contributed by atoms with E-state index in [-0.39, 0.29) is 0 Å². The number of unbranched alkanes of at least 4 members (excludes halogenated alkanes) is 1. The molecular weight excluding hydrogens is 204 g/mol. The number of nitrogens with zero attached hydrogens (tertiary/aromatic N) is 2. The molecule has 0 bridgehead atoms. The summed E-state index contributed by atoms with van der Waals surface area (Å²) < 4.78 is 0. The molecule has 0 amide bonds. The summed E-state index contributed by atoms with van der Waals surface area (Å²) in [6, 6.07) is 0. The number of rotatable bonds is 7. The normalized spacial score (nSPS) is 11.7. The van der Waals surface area contributed by atoms with Crippen LogP contribution in [0.15, 0.2) is 23.0 Å². The average molecular weight is 224 g/mol. The van der Waals surface area contributed by atoms with Crippen molar-refractivity contribution in [1.29, 1.82) is 0 Å². The lowest BCUT2D eigenvalue weighted by Gasteiger charge is -2.13. The Kier molecular flexibility index (Phi) is 6.28. The van der Waals surface area contributed by atoms with E-state index in [0.717, 1.165) is 19.5 Å². The van der Waals surface area contributed by atoms with E-state index in [1.165, 1.54) is 18.5 Å². The predicted octanol–water partition coefficient (Wildman–Crippen LogP) is 3.32. The maximum Gasteiger partial charge on any atom is 0.0795 e. The summed E-state index contributed by atoms with van der Waals surface area (Å²) in [4.78, 5) is 6.58. The first-order valence-corrected chi connectivity index (χ1v) is 6.47. The Labute approximate surface area is 96.6 Å². The summed E-state index contributed by atoms with van der Waals surface area (Å²) in [7, 11) is 2.15. The zero-order valence-electron chi connectivity index (χ0n) is 9.65. The lowest BCUT2D eigenvalue weighted by molar-refractivity contribution is 0.330. The van der Waals surface area contributed by atoms with Crippen molar-refractivity contribution in [1.82, 2.24) is 9.88 Å². The SMILES string of the molecule is CCCC=CCCN(C)Cc1cscn1. The van der Waals surface area contributed by atoms with Gasteiger partial charge in [0, 0.05) is 18.5 Å². The molecule has 2 nitrogen and oxygen atoms in total. The number of aromatic nitrogens is 1. The van der Waals surface area contributed by atoms with E-state index in [2.05, 4.69) is 41.4 Å². The Morgan fingerprint density at radius 3 is 2.87 bits per heavy atom. The smallest absolute Gasteiger partial charge is 0.0795 e. The van der Waals surface area contributed by atoms with Gasteiger partial charge in [0.15, 0.2) is 0 Å². The highest BCUT2D eigenvalue weighted by molar-refractivity contribution is 7.07. The fourth-order valence-electron chi connectivity index (χ4n) is 1.37. The molecule has 0 aliphatic carbocycles. The van der Waals surface area contributed by atoms with Crippen LogP contribution in [-0.4, -0.2) is 23.5 Å². The van der Waals surface area contributed by atoms with Gasteiger partial charge in [0.25, 0.3) is 0 Å². The molecule has 0 fully saturated rings. The lowest BCUT2D eigenvalue weighted by Crippen LogP contribution is -2.18. The van der Waals surface area contributed by atoms with Gasteiger partial charge in [-0.1, -0.05) is 25.5 Å². The molecule has 1 aromatic rings. The van der Waals surface area contributed by atoms with Gasteiger partial charge in [0.2, 0.25) is 0 Å². The first kappa shape index (κ1) is 12.4. The van der Waals surface area contributed by atoms with Crippen molar-refractivity contribution in [2.45, 2.75) is 32.7 Å². The zero-order valence-corrected chi connectivity index (χ0v) is 10.5. The Hall–Kier alpha value is -0.670. The topological polar surface area (TPSA) is 16.1 Å². The van der Waals surface area contributed by atoms with E-state index in [1.54, 1.807) is 11.3 Å². The largest absolute Gasteiger partial charge is 0.300 e. The summed E-state index contributed by atoms with van der Waals surface area (Å²) in [6.45, 7) is 4.28. The minimum atomic E-state index is 0.963. The second-order valence-electron chi connectivity index (χ2n) is 3.77. The van der Waals surface area contributed by atoms with Crippen molar-refractivity contribution < 1.29 is 0 Å². The molecule has 0 aromatic carbocycles. The van der Waals surface area contributed by atoms with Crippen LogP contribution in [0.4, 0.5) is 0 Å². The van der Waals surface area contributed by atoms with E-state index in [0.29, 0.717) is 0 Å². The monoisotopic (exact) mass is 224 g/mol. The first-order chi connectivity index (χ1) is 7.33. The molecule has 15 heavy (non-hydrogen) atoms. The van der Waals surface area contributed by atoms with Crippen LogP contribution in [0.1, 0.15) is 31.9 Å². The molecule has 3 heteroatoms. The van der Waals surface area contributed by atoms with Crippen LogP contribution in [0.5, 0.6) is 0 Å². The molecule has 84 valence electrons. The molecule has 0 spiro atoms. The first-order valence-electron chi connectivity index (χ1n) is 5.53. The van der Waals surface area contributed by atoms with Gasteiger partial charge in [0.05, 0.1) is 11.2 Å². The van der Waals surface area contributed by atoms with Gasteiger partial charge in [0.1, 0.15) is 0 Å². The van der Waals surface area contributed by atoms with Crippen molar-refractivity contribution in [2.75, 3.05) is 13.6 Å². The number of allylic oxidation sites excluding steroid dienone is 1. The zero-order chi connectivity index (χ0) is 10.9. The van der Waals surface area contributed by atoms with Crippen molar-refractivity contribution in [2.24, 2.45) is 0 Å². The highest BCUT2D eigenvalue weighted by atomic mass is 32.1. The summed E-state index contributed by atoms with van der Waals surface area (Å²) in [6.07, 6.45) is 8.14. The highest BCUT2D eigenvalue weighted by Crippen LogP contribution is 2.04. The minimum absolute atomic E-state index is 0.963. The fraction of sp³-hybridized carbons (Fsp3) is 0.583. The summed E-state index contributed by atoms with van der Waals surface area (Å²) in [5.41, 5.74) is 3.07. The number of hydrogen-bond acceptors (Lipinski definition) is 3. The number of hydrogen-bond donors (Lipinski definition) is 0. The maximum atomic E-state index is 4.27. The standard InChI is InChI=1S/C12H20N2S/c1-3-4-5-6-7-8-14(2)9-12-10-15-11-13-12/h5-6,10-11H,3-4,7-9H2,1-2H3. The van der Waals surface area contributed by atoms with Crippen molar-refractivity contribution >= 4 is 11.3 Å². The third kappa shape index (κ3) is 5.70. The van der Waals surface area contributed by atoms with Crippen LogP contribution in [-0.2, 0) is 6.54 Å². The second kappa shape index (κ2) is 7.60. The molecule has 1 heterocycles. The van der Waals surface area contributed by atoms with Crippen LogP contribution in [0.3, 0.4) is 0 Å². The summed E-state index contributed by atoms with van der Waals surface area (Å²) in [5, 5.41) is 2.11. The number of thiazole rings is 1. The molecule has 0 radical (unpaired) electrons. The van der Waals surface area contributed by atoms with E-state index in [4.69, 9.17) is 0 Å². The van der Waals surface area contributed by atoms with E-state index in [9.17, 15) is 0 Å². The average Bonchev–Trinajstić information content (AvgIpc) is 2.70. The van der Waals surface area contributed by atoms with Crippen molar-refractivity contribution in [3.8, 4) is 0 Å². The van der Waals surface area contributed by atoms with Crippen LogP contribution in [0.2, 0.25) is 0 Å². The third-order valence-electron chi connectivity index (χ3n) is 2.21. The van der Waals surface area contributed by atoms with Crippen LogP contribution in [0.25, 0.3) is 0 Å². The molecule has 0 N–H and O–H groups in total. The minimum Gasteiger partial charge on any atom is -0.300 e. The quantitative estimate of drug-likeness (QED) is 0.660. The van der Waals surface area contributed by atoms with Gasteiger partial charge in [-0.25, -0.2) is 4.98 Å². The van der Waals surface area contributed by atoms with Gasteiger partial charge >= 0.3 is 0 Å². The van der Waals surface area contributed by atoms with Gasteiger partial charge in [-0.3, -0.25) is 0 Å². The van der Waals surface area contributed by atoms with E-state index < -0.39 is 0 Å². The second-order valence-corrected chi connectivity index (χ2v) is 4.49. The van der Waals surface area contributed by atoms with Gasteiger partial charge < -0.3 is 4.90 Å². The molecule has 0 saturated carbocycles. The Morgan fingerprint density at radius 1 is 1.40 bits per heavy atom. The molecule has 1 aromatic heterocycles. The van der Waals surface area contributed by atoms with E-state index >= 15 is 0 Å². The molecule has 0 aliphatic heterocycles. The highest BCUT2D eigenvalue weighted by Gasteiger charge is 1.99. The molecule has 0 atom stereocenters. The molecule has 0 saturated heterocycles. The van der Waals surface area contributed by atoms with E-state index in [1.807, 2.05) is 5.51 Å². The van der Waals surface area contributed by atoms with Crippen molar-refractivity contribution in [3.05, 3.63) is 28.7 Å². The Morgan fingerprint density at radius 2 is 2.20 bits per heavy atom.